The van der Waals surface area contributed by atoms with Crippen LogP contribution in [0.1, 0.15) is 23.0 Å². The van der Waals surface area contributed by atoms with Gasteiger partial charge in [-0.2, -0.15) is 9.40 Å². The van der Waals surface area contributed by atoms with Crippen molar-refractivity contribution in [3.05, 3.63) is 65.7 Å². The van der Waals surface area contributed by atoms with Crippen molar-refractivity contribution in [3.8, 4) is 11.4 Å². The third kappa shape index (κ3) is 4.67. The summed E-state index contributed by atoms with van der Waals surface area (Å²) < 4.78 is 53.9. The highest BCUT2D eigenvalue weighted by Gasteiger charge is 2.28. The van der Waals surface area contributed by atoms with E-state index in [1.807, 2.05) is 0 Å². The molecule has 3 aromatic rings. The largest absolute Gasteiger partial charge is 0.492 e. The topological polar surface area (TPSA) is 103 Å². The van der Waals surface area contributed by atoms with Crippen molar-refractivity contribution in [3.63, 3.8) is 0 Å². The molecule has 0 bridgehead atoms. The number of halogens is 1. The van der Waals surface area contributed by atoms with E-state index in [-0.39, 0.29) is 34.9 Å². The van der Waals surface area contributed by atoms with Crippen molar-refractivity contribution in [2.75, 3.05) is 38.2 Å². The number of hydrogen-bond donors (Lipinski definition) is 1. The molecule has 0 saturated carbocycles. The predicted octanol–water partition coefficient (Wildman–Crippen LogP) is 2.99. The Bertz CT molecular complexity index is 1300. The summed E-state index contributed by atoms with van der Waals surface area (Å²) in [5, 5.41) is 6.89. The Morgan fingerprint density at radius 1 is 1.21 bits per heavy atom. The Balaban J connectivity index is 1.65. The third-order valence-corrected chi connectivity index (χ3v) is 7.34. The second kappa shape index (κ2) is 9.92. The maximum absolute atomic E-state index is 14.2. The summed E-state index contributed by atoms with van der Waals surface area (Å²) >= 11 is 0. The minimum Gasteiger partial charge on any atom is -0.492 e. The number of aromatic nitrogens is 2. The van der Waals surface area contributed by atoms with Gasteiger partial charge in [0.15, 0.2) is 0 Å². The van der Waals surface area contributed by atoms with E-state index in [0.29, 0.717) is 31.3 Å². The number of para-hydroxylation sites is 1. The van der Waals surface area contributed by atoms with Crippen LogP contribution in [0, 0.1) is 12.7 Å². The predicted molar refractivity (Wildman–Crippen MR) is 123 cm³/mol. The quantitative estimate of drug-likeness (QED) is 0.549. The molecular weight excluding hydrogens is 463 g/mol. The van der Waals surface area contributed by atoms with Gasteiger partial charge in [-0.05, 0) is 44.2 Å². The molecule has 2 heterocycles. The summed E-state index contributed by atoms with van der Waals surface area (Å²) in [5.74, 6) is -0.668. The smallest absolute Gasteiger partial charge is 0.259 e. The highest BCUT2D eigenvalue weighted by atomic mass is 32.2. The molecule has 1 fully saturated rings. The van der Waals surface area contributed by atoms with Crippen molar-refractivity contribution in [1.29, 1.82) is 0 Å². The third-order valence-electron chi connectivity index (χ3n) is 5.44. The Morgan fingerprint density at radius 2 is 1.94 bits per heavy atom. The van der Waals surface area contributed by atoms with Gasteiger partial charge in [0, 0.05) is 13.1 Å². The number of ether oxygens (including phenoxy) is 2. The van der Waals surface area contributed by atoms with Crippen molar-refractivity contribution >= 4 is 21.6 Å². The number of morpholine rings is 1. The number of sulfonamides is 1. The molecule has 34 heavy (non-hydrogen) atoms. The lowest BCUT2D eigenvalue weighted by molar-refractivity contribution is 0.0730. The van der Waals surface area contributed by atoms with Gasteiger partial charge in [0.1, 0.15) is 17.3 Å². The fourth-order valence-corrected chi connectivity index (χ4v) is 5.11. The lowest BCUT2D eigenvalue weighted by atomic mass is 10.2. The molecule has 0 atom stereocenters. The molecule has 1 amide bonds. The highest BCUT2D eigenvalue weighted by Crippen LogP contribution is 2.30. The molecule has 180 valence electrons. The number of nitrogens with one attached hydrogen (secondary N) is 1. The summed E-state index contributed by atoms with van der Waals surface area (Å²) in [5.41, 5.74) is 1.07. The molecule has 1 saturated heterocycles. The van der Waals surface area contributed by atoms with Gasteiger partial charge in [-0.15, -0.1) is 0 Å². The average molecular weight is 489 g/mol. The molecule has 11 heteroatoms. The molecule has 0 aliphatic carbocycles. The minimum absolute atomic E-state index is 0.0342. The van der Waals surface area contributed by atoms with Crippen LogP contribution >= 0.6 is 0 Å². The van der Waals surface area contributed by atoms with Crippen LogP contribution in [0.3, 0.4) is 0 Å². The standard InChI is InChI=1S/C23H25FN4O5S/c1-3-33-22-9-8-17(34(30,31)27-10-12-32-13-11-27)14-20(22)26-23(29)18-15-25-28(16(18)2)21-7-5-4-6-19(21)24/h4-9,14-15H,3,10-13H2,1-2H3,(H,26,29). The van der Waals surface area contributed by atoms with E-state index in [1.54, 1.807) is 32.0 Å². The Morgan fingerprint density at radius 3 is 2.65 bits per heavy atom. The molecule has 0 radical (unpaired) electrons. The number of carbonyl (C=O) groups is 1. The molecule has 1 aliphatic heterocycles. The van der Waals surface area contributed by atoms with Crippen molar-refractivity contribution in [1.82, 2.24) is 14.1 Å². The molecule has 0 unspecified atom stereocenters. The van der Waals surface area contributed by atoms with Crippen LogP contribution in [0.2, 0.25) is 0 Å². The highest BCUT2D eigenvalue weighted by molar-refractivity contribution is 7.89. The number of amides is 1. The van der Waals surface area contributed by atoms with Crippen molar-refractivity contribution in [2.45, 2.75) is 18.7 Å². The van der Waals surface area contributed by atoms with Gasteiger partial charge >= 0.3 is 0 Å². The van der Waals surface area contributed by atoms with Gasteiger partial charge in [0.2, 0.25) is 10.0 Å². The second-order valence-electron chi connectivity index (χ2n) is 7.57. The molecule has 1 aliphatic rings. The first-order chi connectivity index (χ1) is 16.3. The SMILES string of the molecule is CCOc1ccc(S(=O)(=O)N2CCOCC2)cc1NC(=O)c1cnn(-c2ccccc2F)c1C. The van der Waals surface area contributed by atoms with Crippen LogP contribution in [0.4, 0.5) is 10.1 Å². The van der Waals surface area contributed by atoms with E-state index >= 15 is 0 Å². The molecule has 4 rings (SSSR count). The summed E-state index contributed by atoms with van der Waals surface area (Å²) in [7, 11) is -3.77. The lowest BCUT2D eigenvalue weighted by Gasteiger charge is -2.26. The minimum atomic E-state index is -3.77. The zero-order valence-corrected chi connectivity index (χ0v) is 19.6. The first-order valence-corrected chi connectivity index (χ1v) is 12.2. The average Bonchev–Trinajstić information content (AvgIpc) is 3.22. The first-order valence-electron chi connectivity index (χ1n) is 10.8. The van der Waals surface area contributed by atoms with Crippen LogP contribution in [-0.4, -0.2) is 61.3 Å². The van der Waals surface area contributed by atoms with Crippen molar-refractivity contribution < 1.29 is 27.1 Å². The van der Waals surface area contributed by atoms with E-state index in [4.69, 9.17) is 9.47 Å². The van der Waals surface area contributed by atoms with Gasteiger partial charge in [-0.1, -0.05) is 12.1 Å². The number of carbonyl (C=O) groups excluding carboxylic acids is 1. The van der Waals surface area contributed by atoms with E-state index in [2.05, 4.69) is 10.4 Å². The van der Waals surface area contributed by atoms with Crippen LogP contribution in [0.5, 0.6) is 5.75 Å². The summed E-state index contributed by atoms with van der Waals surface area (Å²) in [6.45, 7) is 4.92. The van der Waals surface area contributed by atoms with E-state index in [1.165, 1.54) is 39.4 Å². The van der Waals surface area contributed by atoms with Crippen LogP contribution in [0.25, 0.3) is 5.69 Å². The van der Waals surface area contributed by atoms with Gasteiger partial charge in [0.25, 0.3) is 5.91 Å². The number of rotatable bonds is 7. The number of hydrogen-bond acceptors (Lipinski definition) is 6. The molecule has 1 N–H and O–H groups in total. The van der Waals surface area contributed by atoms with Gasteiger partial charge in [0.05, 0.1) is 47.9 Å². The lowest BCUT2D eigenvalue weighted by Crippen LogP contribution is -2.40. The molecular formula is C23H25FN4O5S. The molecule has 9 nitrogen and oxygen atoms in total. The maximum atomic E-state index is 14.2. The van der Waals surface area contributed by atoms with E-state index in [9.17, 15) is 17.6 Å². The molecule has 1 aromatic heterocycles. The number of anilines is 1. The Kier molecular flexibility index (Phi) is 6.96. The zero-order chi connectivity index (χ0) is 24.3. The van der Waals surface area contributed by atoms with Gasteiger partial charge < -0.3 is 14.8 Å². The Hall–Kier alpha value is -3.28. The van der Waals surface area contributed by atoms with E-state index < -0.39 is 21.7 Å². The zero-order valence-electron chi connectivity index (χ0n) is 18.8. The second-order valence-corrected chi connectivity index (χ2v) is 9.51. The summed E-state index contributed by atoms with van der Waals surface area (Å²) in [6.07, 6.45) is 1.34. The number of benzene rings is 2. The molecule has 0 spiro atoms. The van der Waals surface area contributed by atoms with Crippen LogP contribution < -0.4 is 10.1 Å². The summed E-state index contributed by atoms with van der Waals surface area (Å²) in [6, 6.07) is 10.5. The normalized spacial score (nSPS) is 14.7. The van der Waals surface area contributed by atoms with Crippen LogP contribution in [0.15, 0.2) is 53.6 Å². The molecule has 2 aromatic carbocycles. The van der Waals surface area contributed by atoms with Gasteiger partial charge in [-0.25, -0.2) is 17.5 Å². The van der Waals surface area contributed by atoms with Crippen LogP contribution in [-0.2, 0) is 14.8 Å². The Labute approximate surface area is 197 Å². The van der Waals surface area contributed by atoms with E-state index in [0.717, 1.165) is 0 Å². The van der Waals surface area contributed by atoms with Gasteiger partial charge in [-0.3, -0.25) is 4.79 Å². The summed E-state index contributed by atoms with van der Waals surface area (Å²) in [4.78, 5) is 13.1. The number of nitrogens with zero attached hydrogens (tertiary/aromatic N) is 3. The maximum Gasteiger partial charge on any atom is 0.259 e. The fraction of sp³-hybridized carbons (Fsp3) is 0.304. The fourth-order valence-electron chi connectivity index (χ4n) is 3.67. The first kappa shape index (κ1) is 23.9. The monoisotopic (exact) mass is 488 g/mol. The van der Waals surface area contributed by atoms with Crippen molar-refractivity contribution in [2.24, 2.45) is 0 Å².